The molecule has 64 heavy (non-hydrogen) atoms. The topological polar surface area (TPSA) is 156 Å². The summed E-state index contributed by atoms with van der Waals surface area (Å²) in [5, 5.41) is 33.6. The summed E-state index contributed by atoms with van der Waals surface area (Å²) in [5.74, 6) is 1.94. The molecule has 12 nitrogen and oxygen atoms in total. The molecule has 0 fully saturated rings. The summed E-state index contributed by atoms with van der Waals surface area (Å²) in [5.41, 5.74) is 0. The number of hydrogen-bond acceptors (Lipinski definition) is 12. The Morgan fingerprint density at radius 1 is 0.250 bits per heavy atom. The first-order valence-corrected chi connectivity index (χ1v) is 26.3. The maximum atomic E-state index is 10.7. The molecule has 0 amide bonds. The van der Waals surface area contributed by atoms with E-state index < -0.39 is 30.0 Å². The van der Waals surface area contributed by atoms with Crippen molar-refractivity contribution in [1.82, 2.24) is 0 Å². The van der Waals surface area contributed by atoms with E-state index in [4.69, 9.17) is 40.7 Å². The molecule has 3 unspecified atom stereocenters. The Bertz CT molecular complexity index is 2950. The smallest absolute Gasteiger partial charge is 0.455 e. The fourth-order valence-corrected chi connectivity index (χ4v) is 21.3. The van der Waals surface area contributed by atoms with Gasteiger partial charge in [0.1, 0.15) is 46.0 Å². The Morgan fingerprint density at radius 3 is 0.766 bits per heavy atom. The van der Waals surface area contributed by atoms with Crippen molar-refractivity contribution in [2.45, 2.75) is 0 Å². The molecule has 16 heteroatoms. The summed E-state index contributed by atoms with van der Waals surface area (Å²) in [6, 6.07) is 64.9. The minimum atomic E-state index is -4.31. The third-order valence-corrected chi connectivity index (χ3v) is 22.2. The van der Waals surface area contributed by atoms with E-state index in [1.807, 2.05) is 91.0 Å². The normalized spacial score (nSPS) is 19.9. The molecule has 0 radical (unpaired) electrons. The minimum absolute atomic E-state index is 0.000698. The van der Waals surface area contributed by atoms with Crippen molar-refractivity contribution in [3.05, 3.63) is 224 Å². The molecule has 0 bridgehead atoms. The predicted octanol–water partition coefficient (Wildman–Crippen LogP) is 13.5. The van der Waals surface area contributed by atoms with Gasteiger partial charge in [-0.25, -0.2) is 0 Å². The van der Waals surface area contributed by atoms with Gasteiger partial charge in [-0.15, -0.1) is 9.03 Å². The van der Waals surface area contributed by atoms with Crippen LogP contribution in [0.2, 0.25) is 0 Å². The van der Waals surface area contributed by atoms with Crippen LogP contribution in [-0.4, -0.2) is 15.3 Å². The van der Waals surface area contributed by atoms with Crippen LogP contribution in [0, 0.1) is 0 Å². The van der Waals surface area contributed by atoms with Gasteiger partial charge in [0.05, 0.1) is 15.9 Å². The lowest BCUT2D eigenvalue weighted by Gasteiger charge is -2.35. The molecule has 0 aliphatic carbocycles. The van der Waals surface area contributed by atoms with E-state index in [9.17, 15) is 15.3 Å². The fraction of sp³-hybridized carbons (Fsp3) is 0. The highest BCUT2D eigenvalue weighted by atomic mass is 31.3. The molecule has 3 N–H and O–H groups in total. The molecule has 320 valence electrons. The first-order chi connectivity index (χ1) is 31.2. The third kappa shape index (κ3) is 9.52. The van der Waals surface area contributed by atoms with Crippen LogP contribution in [0.4, 0.5) is 0 Å². The van der Waals surface area contributed by atoms with Crippen molar-refractivity contribution < 1.29 is 37.9 Å². The van der Waals surface area contributed by atoms with Gasteiger partial charge in [-0.05, 0) is 133 Å². The zero-order valence-corrected chi connectivity index (χ0v) is 37.4. The standard InChI is InChI=1S/C48H40N4O8P4/c53-38-26-32-46(33-27-38)61(56-41-16-6-1-7-17-41)49-62(47-34-28-39(54)29-35-47,57-42-18-8-2-9-19-42)51-64(59-44-22-12-4-13-23-44,60-45-24-14-5-15-25-45)52-63(50-61,48-36-30-40(55)31-37-48)58-43-20-10-3-11-21-43/h1-37,53-55H. The molecule has 9 rings (SSSR count). The number of rotatable bonds is 13. The molecule has 8 aromatic rings. The van der Waals surface area contributed by atoms with Crippen molar-refractivity contribution in [3.8, 4) is 46.0 Å². The number of hydrogen-bond donors (Lipinski definition) is 3. The summed E-state index contributed by atoms with van der Waals surface area (Å²) in [7, 11) is -16.6. The number of nitrogens with zero attached hydrogens (tertiary/aromatic N) is 4. The molecule has 0 saturated carbocycles. The Labute approximate surface area is 370 Å². The quantitative estimate of drug-likeness (QED) is 0.0965. The van der Waals surface area contributed by atoms with E-state index >= 15 is 0 Å². The van der Waals surface area contributed by atoms with Crippen LogP contribution >= 0.6 is 30.0 Å². The van der Waals surface area contributed by atoms with Crippen molar-refractivity contribution in [3.63, 3.8) is 0 Å². The van der Waals surface area contributed by atoms with Gasteiger partial charge in [-0.3, -0.25) is 0 Å². The average Bonchev–Trinajstić information content (AvgIpc) is 3.31. The first-order valence-electron chi connectivity index (χ1n) is 19.9. The third-order valence-electron chi connectivity index (χ3n) is 9.37. The monoisotopic (exact) mass is 924 g/mol. The Kier molecular flexibility index (Phi) is 12.2. The van der Waals surface area contributed by atoms with Crippen molar-refractivity contribution in [2.75, 3.05) is 0 Å². The molecule has 1 aliphatic rings. The lowest BCUT2D eigenvalue weighted by molar-refractivity contribution is 0.475. The molecule has 3 atom stereocenters. The highest BCUT2D eigenvalue weighted by Gasteiger charge is 2.46. The average molecular weight is 925 g/mol. The summed E-state index contributed by atoms with van der Waals surface area (Å²) in [6.07, 6.45) is 0. The number of aromatic hydroxyl groups is 3. The fourth-order valence-electron chi connectivity index (χ4n) is 6.44. The Hall–Kier alpha value is -6.92. The van der Waals surface area contributed by atoms with Crippen LogP contribution in [0.3, 0.4) is 0 Å². The lowest BCUT2D eigenvalue weighted by atomic mass is 10.3. The van der Waals surface area contributed by atoms with Crippen molar-refractivity contribution >= 4 is 45.9 Å². The minimum Gasteiger partial charge on any atom is -0.508 e. The van der Waals surface area contributed by atoms with E-state index in [1.54, 1.807) is 97.1 Å². The van der Waals surface area contributed by atoms with Crippen LogP contribution < -0.4 is 38.5 Å². The number of benzene rings is 8. The van der Waals surface area contributed by atoms with E-state index in [2.05, 4.69) is 0 Å². The van der Waals surface area contributed by atoms with E-state index in [0.29, 0.717) is 44.7 Å². The van der Waals surface area contributed by atoms with Crippen LogP contribution in [-0.2, 0) is 0 Å². The number of phenolic OH excluding ortho intramolecular Hbond substituents is 3. The first kappa shape index (κ1) is 42.4. The van der Waals surface area contributed by atoms with E-state index in [0.717, 1.165) is 0 Å². The molecule has 0 spiro atoms. The largest absolute Gasteiger partial charge is 0.508 e. The van der Waals surface area contributed by atoms with Crippen molar-refractivity contribution in [2.24, 2.45) is 18.1 Å². The van der Waals surface area contributed by atoms with Gasteiger partial charge in [0.25, 0.3) is 22.3 Å². The number of para-hydroxylation sites is 5. The van der Waals surface area contributed by atoms with Crippen LogP contribution in [0.25, 0.3) is 0 Å². The molecule has 1 heterocycles. The van der Waals surface area contributed by atoms with E-state index in [-0.39, 0.29) is 17.2 Å². The SMILES string of the molecule is Oc1ccc(P2(Oc3ccccc3)=NP(Oc3ccccc3)(Oc3ccccc3)=NP(Oc3ccccc3)(c3ccc(O)cc3)=NP(Oc3ccccc3)(c3ccc(O)cc3)=N2)cc1. The van der Waals surface area contributed by atoms with Gasteiger partial charge < -0.3 is 37.9 Å². The lowest BCUT2D eigenvalue weighted by Crippen LogP contribution is -2.17. The highest BCUT2D eigenvalue weighted by molar-refractivity contribution is 7.88. The van der Waals surface area contributed by atoms with Crippen LogP contribution in [0.1, 0.15) is 0 Å². The second-order valence-electron chi connectivity index (χ2n) is 14.1. The summed E-state index contributed by atoms with van der Waals surface area (Å²) < 4.78 is 59.2. The van der Waals surface area contributed by atoms with E-state index in [1.165, 1.54) is 36.4 Å². The molecular weight excluding hydrogens is 884 g/mol. The van der Waals surface area contributed by atoms with Crippen LogP contribution in [0.5, 0.6) is 46.0 Å². The van der Waals surface area contributed by atoms with Gasteiger partial charge in [-0.2, -0.15) is 9.03 Å². The number of phenols is 3. The molecule has 0 aromatic heterocycles. The second kappa shape index (κ2) is 18.4. The van der Waals surface area contributed by atoms with Crippen molar-refractivity contribution in [1.29, 1.82) is 0 Å². The summed E-state index contributed by atoms with van der Waals surface area (Å²) in [4.78, 5) is 0. The Balaban J connectivity index is 1.55. The zero-order valence-electron chi connectivity index (χ0n) is 33.8. The molecular formula is C48H40N4O8P4. The van der Waals surface area contributed by atoms with Gasteiger partial charge in [0, 0.05) is 0 Å². The van der Waals surface area contributed by atoms with Crippen LogP contribution in [0.15, 0.2) is 243 Å². The zero-order chi connectivity index (χ0) is 43.9. The van der Waals surface area contributed by atoms with Gasteiger partial charge >= 0.3 is 7.66 Å². The van der Waals surface area contributed by atoms with Gasteiger partial charge in [-0.1, -0.05) is 91.0 Å². The van der Waals surface area contributed by atoms with Gasteiger partial charge in [0.15, 0.2) is 0 Å². The second-order valence-corrected chi connectivity index (χ2v) is 23.6. The van der Waals surface area contributed by atoms with Gasteiger partial charge in [0.2, 0.25) is 0 Å². The molecule has 0 saturated heterocycles. The Morgan fingerprint density at radius 2 is 0.484 bits per heavy atom. The predicted molar refractivity (Wildman–Crippen MR) is 256 cm³/mol. The molecule has 8 aromatic carbocycles. The maximum absolute atomic E-state index is 10.7. The maximum Gasteiger partial charge on any atom is 0.455 e. The summed E-state index contributed by atoms with van der Waals surface area (Å²) >= 11 is 0. The summed E-state index contributed by atoms with van der Waals surface area (Å²) in [6.45, 7) is 0. The highest BCUT2D eigenvalue weighted by Crippen LogP contribution is 2.78. The molecule has 1 aliphatic heterocycles.